The Kier molecular flexibility index (Phi) is 1.94. The van der Waals surface area contributed by atoms with E-state index in [0.717, 1.165) is 25.5 Å². The molecule has 2 saturated heterocycles. The average molecular weight is 194 g/mol. The number of fused-ring (bicyclic) bond motifs is 1. The van der Waals surface area contributed by atoms with Crippen LogP contribution in [0.25, 0.3) is 0 Å². The maximum Gasteiger partial charge on any atom is 0.140 e. The molecule has 2 fully saturated rings. The number of rotatable bonds is 0. The summed E-state index contributed by atoms with van der Waals surface area (Å²) in [7, 11) is 2.23. The van der Waals surface area contributed by atoms with E-state index in [-0.39, 0.29) is 5.72 Å². The van der Waals surface area contributed by atoms with Crippen molar-refractivity contribution in [2.75, 3.05) is 26.7 Å². The van der Waals surface area contributed by atoms with Gasteiger partial charge in [0.15, 0.2) is 0 Å². The fourth-order valence-corrected chi connectivity index (χ4v) is 3.01. The molecule has 1 N–H and O–H groups in total. The molecule has 78 valence electrons. The molecule has 14 heavy (non-hydrogen) atoms. The topological polar surface area (TPSA) is 24.5 Å². The molecule has 0 aromatic heterocycles. The highest BCUT2D eigenvalue weighted by Gasteiger charge is 2.43. The number of nitrogens with zero attached hydrogens (tertiary/aromatic N) is 1. The predicted molar refractivity (Wildman–Crippen MR) is 55.0 cm³/mol. The third kappa shape index (κ3) is 1.23. The molecule has 1 spiro atoms. The summed E-state index contributed by atoms with van der Waals surface area (Å²) >= 11 is 0. The highest BCUT2D eigenvalue weighted by atomic mass is 16.5. The molecule has 3 nitrogen and oxygen atoms in total. The molecule has 0 aromatic carbocycles. The normalized spacial score (nSPS) is 47.5. The van der Waals surface area contributed by atoms with Crippen LogP contribution in [0.3, 0.4) is 0 Å². The van der Waals surface area contributed by atoms with Gasteiger partial charge in [0.25, 0.3) is 0 Å². The number of hydrogen-bond acceptors (Lipinski definition) is 3. The van der Waals surface area contributed by atoms with Crippen molar-refractivity contribution in [3.05, 3.63) is 12.2 Å². The molecule has 3 heteroatoms. The van der Waals surface area contributed by atoms with Crippen molar-refractivity contribution < 1.29 is 4.74 Å². The first-order valence-electron chi connectivity index (χ1n) is 5.58. The van der Waals surface area contributed by atoms with Crippen molar-refractivity contribution in [2.24, 2.45) is 5.92 Å². The summed E-state index contributed by atoms with van der Waals surface area (Å²) in [6.45, 7) is 3.08. The van der Waals surface area contributed by atoms with E-state index in [1.54, 1.807) is 0 Å². The first-order valence-corrected chi connectivity index (χ1v) is 5.58. The molecule has 3 aliphatic rings. The second kappa shape index (κ2) is 3.05. The van der Waals surface area contributed by atoms with Crippen molar-refractivity contribution in [3.63, 3.8) is 0 Å². The monoisotopic (exact) mass is 194 g/mol. The highest BCUT2D eigenvalue weighted by Crippen LogP contribution is 2.37. The molecular formula is C11H18N2O. The molecule has 0 bridgehead atoms. The van der Waals surface area contributed by atoms with E-state index in [1.165, 1.54) is 13.0 Å². The number of ether oxygens (including phenoxy) is 1. The first-order chi connectivity index (χ1) is 6.79. The van der Waals surface area contributed by atoms with E-state index >= 15 is 0 Å². The van der Waals surface area contributed by atoms with Crippen LogP contribution in [-0.2, 0) is 4.74 Å². The second-order valence-corrected chi connectivity index (χ2v) is 4.73. The maximum atomic E-state index is 5.81. The fourth-order valence-electron chi connectivity index (χ4n) is 3.01. The summed E-state index contributed by atoms with van der Waals surface area (Å²) < 4.78 is 5.81. The lowest BCUT2D eigenvalue weighted by Gasteiger charge is -2.36. The maximum absolute atomic E-state index is 5.81. The van der Waals surface area contributed by atoms with Crippen LogP contribution in [0.1, 0.15) is 12.8 Å². The van der Waals surface area contributed by atoms with Gasteiger partial charge >= 0.3 is 0 Å². The molecule has 0 aromatic rings. The molecular weight excluding hydrogens is 176 g/mol. The molecule has 3 rings (SSSR count). The lowest BCUT2D eigenvalue weighted by Crippen LogP contribution is -2.48. The van der Waals surface area contributed by atoms with E-state index in [0.29, 0.717) is 6.04 Å². The summed E-state index contributed by atoms with van der Waals surface area (Å²) in [5.41, 5.74) is -0.125. The molecule has 3 atom stereocenters. The van der Waals surface area contributed by atoms with Crippen LogP contribution in [0.5, 0.6) is 0 Å². The molecule has 2 aliphatic heterocycles. The number of likely N-dealkylation sites (tertiary alicyclic amines) is 1. The van der Waals surface area contributed by atoms with Crippen LogP contribution in [0, 0.1) is 5.92 Å². The SMILES string of the molecule is CN1CCC2C=CC3(CC21)NCCO3. The zero-order chi connectivity index (χ0) is 9.60. The van der Waals surface area contributed by atoms with Gasteiger partial charge in [-0.05, 0) is 32.0 Å². The Labute approximate surface area is 85.1 Å². The summed E-state index contributed by atoms with van der Waals surface area (Å²) in [4.78, 5) is 2.47. The minimum Gasteiger partial charge on any atom is -0.356 e. The van der Waals surface area contributed by atoms with Gasteiger partial charge in [-0.1, -0.05) is 6.08 Å². The van der Waals surface area contributed by atoms with Gasteiger partial charge in [0, 0.05) is 19.0 Å². The number of nitrogens with one attached hydrogen (secondary N) is 1. The fraction of sp³-hybridized carbons (Fsp3) is 0.818. The molecule has 0 saturated carbocycles. The van der Waals surface area contributed by atoms with Crippen LogP contribution in [-0.4, -0.2) is 43.4 Å². The molecule has 1 aliphatic carbocycles. The Morgan fingerprint density at radius 1 is 1.57 bits per heavy atom. The minimum absolute atomic E-state index is 0.125. The Bertz CT molecular complexity index is 258. The first kappa shape index (κ1) is 8.89. The standard InChI is InChI=1S/C11H18N2O/c1-13-6-3-9-2-4-11(8-10(9)13)12-5-7-14-11/h2,4,9-10,12H,3,5-8H2,1H3. The van der Waals surface area contributed by atoms with Gasteiger partial charge in [0.1, 0.15) is 5.72 Å². The molecule has 2 heterocycles. The second-order valence-electron chi connectivity index (χ2n) is 4.73. The lowest BCUT2D eigenvalue weighted by molar-refractivity contribution is -0.000785. The molecule has 0 radical (unpaired) electrons. The predicted octanol–water partition coefficient (Wildman–Crippen LogP) is 0.583. The van der Waals surface area contributed by atoms with Crippen molar-refractivity contribution >= 4 is 0 Å². The van der Waals surface area contributed by atoms with Crippen LogP contribution in [0.4, 0.5) is 0 Å². The van der Waals surface area contributed by atoms with Gasteiger partial charge < -0.3 is 9.64 Å². The van der Waals surface area contributed by atoms with Gasteiger partial charge in [-0.25, -0.2) is 0 Å². The third-order valence-electron chi connectivity index (χ3n) is 3.89. The van der Waals surface area contributed by atoms with Crippen molar-refractivity contribution in [1.82, 2.24) is 10.2 Å². The van der Waals surface area contributed by atoms with Gasteiger partial charge in [-0.3, -0.25) is 5.32 Å². The third-order valence-corrected chi connectivity index (χ3v) is 3.89. The zero-order valence-corrected chi connectivity index (χ0v) is 8.70. The Morgan fingerprint density at radius 2 is 2.50 bits per heavy atom. The Balaban J connectivity index is 1.84. The van der Waals surface area contributed by atoms with Gasteiger partial charge in [-0.2, -0.15) is 0 Å². The van der Waals surface area contributed by atoms with E-state index in [4.69, 9.17) is 4.74 Å². The molecule has 3 unspecified atom stereocenters. The largest absolute Gasteiger partial charge is 0.356 e. The smallest absolute Gasteiger partial charge is 0.140 e. The summed E-state index contributed by atoms with van der Waals surface area (Å²) in [5, 5.41) is 3.47. The van der Waals surface area contributed by atoms with E-state index in [2.05, 4.69) is 29.4 Å². The van der Waals surface area contributed by atoms with Crippen LogP contribution >= 0.6 is 0 Å². The van der Waals surface area contributed by atoms with Crippen molar-refractivity contribution in [1.29, 1.82) is 0 Å². The quantitative estimate of drug-likeness (QED) is 0.571. The minimum atomic E-state index is -0.125. The van der Waals surface area contributed by atoms with Gasteiger partial charge in [0.05, 0.1) is 6.61 Å². The summed E-state index contributed by atoms with van der Waals surface area (Å²) in [5.74, 6) is 0.761. The summed E-state index contributed by atoms with van der Waals surface area (Å²) in [6.07, 6.45) is 7.04. The van der Waals surface area contributed by atoms with Crippen LogP contribution in [0.15, 0.2) is 12.2 Å². The van der Waals surface area contributed by atoms with E-state index in [1.807, 2.05) is 0 Å². The molecule has 0 amide bonds. The summed E-state index contributed by atoms with van der Waals surface area (Å²) in [6, 6.07) is 0.686. The van der Waals surface area contributed by atoms with Gasteiger partial charge in [-0.15, -0.1) is 0 Å². The Hall–Kier alpha value is -0.380. The van der Waals surface area contributed by atoms with E-state index < -0.39 is 0 Å². The zero-order valence-electron chi connectivity index (χ0n) is 8.70. The lowest BCUT2D eigenvalue weighted by atomic mass is 9.86. The van der Waals surface area contributed by atoms with Crippen LogP contribution in [0.2, 0.25) is 0 Å². The Morgan fingerprint density at radius 3 is 3.29 bits per heavy atom. The van der Waals surface area contributed by atoms with Gasteiger partial charge in [0.2, 0.25) is 0 Å². The highest BCUT2D eigenvalue weighted by molar-refractivity contribution is 5.15. The van der Waals surface area contributed by atoms with Crippen molar-refractivity contribution in [2.45, 2.75) is 24.6 Å². The van der Waals surface area contributed by atoms with Crippen LogP contribution < -0.4 is 5.32 Å². The number of hydrogen-bond donors (Lipinski definition) is 1. The van der Waals surface area contributed by atoms with E-state index in [9.17, 15) is 0 Å². The van der Waals surface area contributed by atoms with Crippen molar-refractivity contribution in [3.8, 4) is 0 Å². The average Bonchev–Trinajstić information content (AvgIpc) is 2.77.